The zero-order chi connectivity index (χ0) is 21.7. The number of nitrogens with zero attached hydrogens (tertiary/aromatic N) is 2. The highest BCUT2D eigenvalue weighted by Gasteiger charge is 2.15. The molecule has 0 saturated carbocycles. The van der Waals surface area contributed by atoms with Gasteiger partial charge in [0.2, 0.25) is 5.91 Å². The molecule has 0 unspecified atom stereocenters. The molecule has 30 heavy (non-hydrogen) atoms. The van der Waals surface area contributed by atoms with Gasteiger partial charge in [0.15, 0.2) is 11.5 Å². The average Bonchev–Trinajstić information content (AvgIpc) is 2.76. The monoisotopic (exact) mass is 410 g/mol. The van der Waals surface area contributed by atoms with E-state index in [0.29, 0.717) is 33.8 Å². The normalized spacial score (nSPS) is 10.5. The summed E-state index contributed by atoms with van der Waals surface area (Å²) in [6.07, 6.45) is 0. The van der Waals surface area contributed by atoms with E-state index in [2.05, 4.69) is 15.3 Å². The Bertz CT molecular complexity index is 1140. The van der Waals surface area contributed by atoms with Gasteiger partial charge < -0.3 is 24.7 Å². The summed E-state index contributed by atoms with van der Waals surface area (Å²) in [4.78, 5) is 45.3. The van der Waals surface area contributed by atoms with Crippen molar-refractivity contribution < 1.29 is 19.1 Å². The van der Waals surface area contributed by atoms with Crippen LogP contribution in [0, 0.1) is 0 Å². The van der Waals surface area contributed by atoms with Gasteiger partial charge in [0.25, 0.3) is 11.5 Å². The van der Waals surface area contributed by atoms with Crippen LogP contribution in [0.1, 0.15) is 16.2 Å². The van der Waals surface area contributed by atoms with Crippen LogP contribution in [0.25, 0.3) is 10.9 Å². The molecule has 9 nitrogen and oxygen atoms in total. The Labute approximate surface area is 172 Å². The number of hydrogen-bond donors (Lipinski definition) is 2. The average molecular weight is 410 g/mol. The Morgan fingerprint density at radius 1 is 1.10 bits per heavy atom. The van der Waals surface area contributed by atoms with Crippen molar-refractivity contribution in [1.29, 1.82) is 0 Å². The lowest BCUT2D eigenvalue weighted by Crippen LogP contribution is -2.38. The van der Waals surface area contributed by atoms with E-state index in [4.69, 9.17) is 9.47 Å². The molecule has 1 heterocycles. The molecule has 0 aliphatic carbocycles. The van der Waals surface area contributed by atoms with Crippen LogP contribution < -0.4 is 20.3 Å². The maximum absolute atomic E-state index is 12.4. The largest absolute Gasteiger partial charge is 0.493 e. The Balaban J connectivity index is 1.62. The number of ether oxygens (including phenoxy) is 2. The molecule has 0 aliphatic rings. The van der Waals surface area contributed by atoms with Crippen LogP contribution >= 0.6 is 0 Å². The van der Waals surface area contributed by atoms with Gasteiger partial charge in [0, 0.05) is 12.6 Å². The van der Waals surface area contributed by atoms with Crippen molar-refractivity contribution in [1.82, 2.24) is 20.2 Å². The minimum atomic E-state index is -0.421. The van der Waals surface area contributed by atoms with Crippen molar-refractivity contribution in [2.45, 2.75) is 6.54 Å². The minimum absolute atomic E-state index is 0.102. The fourth-order valence-corrected chi connectivity index (χ4v) is 2.89. The van der Waals surface area contributed by atoms with Gasteiger partial charge in [-0.2, -0.15) is 0 Å². The first-order chi connectivity index (χ1) is 14.4. The number of methoxy groups -OCH3 is 2. The van der Waals surface area contributed by atoms with E-state index < -0.39 is 5.91 Å². The predicted molar refractivity (Wildman–Crippen MR) is 111 cm³/mol. The Kier molecular flexibility index (Phi) is 6.31. The maximum atomic E-state index is 12.4. The van der Waals surface area contributed by atoms with Crippen molar-refractivity contribution in [2.75, 3.05) is 27.8 Å². The van der Waals surface area contributed by atoms with Crippen LogP contribution in [-0.2, 0) is 11.3 Å². The van der Waals surface area contributed by atoms with Crippen LogP contribution in [0.5, 0.6) is 11.5 Å². The Morgan fingerprint density at radius 3 is 2.57 bits per heavy atom. The van der Waals surface area contributed by atoms with Gasteiger partial charge in [-0.1, -0.05) is 12.1 Å². The highest BCUT2D eigenvalue weighted by Crippen LogP contribution is 2.27. The molecule has 0 radical (unpaired) electrons. The Morgan fingerprint density at radius 2 is 1.83 bits per heavy atom. The van der Waals surface area contributed by atoms with E-state index in [1.165, 1.54) is 25.2 Å². The number of carbonyl (C=O) groups is 2. The first-order valence-electron chi connectivity index (χ1n) is 9.15. The summed E-state index contributed by atoms with van der Waals surface area (Å²) in [5.41, 5.74) is 0.626. The standard InChI is InChI=1S/C21H22N4O5/c1-25(12-18-23-15-7-5-4-6-14(15)21(28)24-18)19(26)11-22-20(27)13-8-9-16(29-2)17(10-13)30-3/h4-10H,11-12H2,1-3H3,(H,22,27)(H,23,24,28). The van der Waals surface area contributed by atoms with Crippen molar-refractivity contribution in [3.05, 3.63) is 64.2 Å². The second-order valence-corrected chi connectivity index (χ2v) is 6.53. The number of para-hydroxylation sites is 1. The number of H-pyrrole nitrogens is 1. The fourth-order valence-electron chi connectivity index (χ4n) is 2.89. The zero-order valence-corrected chi connectivity index (χ0v) is 16.9. The SMILES string of the molecule is COc1ccc(C(=O)NCC(=O)N(C)Cc2nc3ccccc3c(=O)[nH]2)cc1OC. The van der Waals surface area contributed by atoms with Gasteiger partial charge in [-0.3, -0.25) is 14.4 Å². The van der Waals surface area contributed by atoms with Crippen molar-refractivity contribution in [3.8, 4) is 11.5 Å². The van der Waals surface area contributed by atoms with E-state index in [1.807, 2.05) is 0 Å². The summed E-state index contributed by atoms with van der Waals surface area (Å²) in [7, 11) is 4.55. The van der Waals surface area contributed by atoms with Gasteiger partial charge in [0.1, 0.15) is 5.82 Å². The molecule has 3 aromatic rings. The molecule has 0 spiro atoms. The lowest BCUT2D eigenvalue weighted by molar-refractivity contribution is -0.129. The molecule has 0 saturated heterocycles. The number of aromatic amines is 1. The topological polar surface area (TPSA) is 114 Å². The van der Waals surface area contributed by atoms with Gasteiger partial charge >= 0.3 is 0 Å². The molecule has 156 valence electrons. The molecular formula is C21H22N4O5. The third-order valence-corrected chi connectivity index (χ3v) is 4.52. The number of nitrogens with one attached hydrogen (secondary N) is 2. The summed E-state index contributed by atoms with van der Waals surface area (Å²) < 4.78 is 10.3. The lowest BCUT2D eigenvalue weighted by Gasteiger charge is -2.17. The highest BCUT2D eigenvalue weighted by molar-refractivity contribution is 5.97. The summed E-state index contributed by atoms with van der Waals surface area (Å²) in [6.45, 7) is -0.105. The van der Waals surface area contributed by atoms with E-state index in [1.54, 1.807) is 43.4 Å². The number of aromatic nitrogens is 2. The molecule has 2 aromatic carbocycles. The predicted octanol–water partition coefficient (Wildman–Crippen LogP) is 1.33. The van der Waals surface area contributed by atoms with E-state index in [-0.39, 0.29) is 24.6 Å². The number of rotatable bonds is 7. The van der Waals surface area contributed by atoms with Crippen molar-refractivity contribution in [3.63, 3.8) is 0 Å². The molecule has 2 amide bonds. The summed E-state index contributed by atoms with van der Waals surface area (Å²) in [5.74, 6) is 0.525. The third-order valence-electron chi connectivity index (χ3n) is 4.52. The van der Waals surface area contributed by atoms with Crippen molar-refractivity contribution in [2.24, 2.45) is 0 Å². The zero-order valence-electron chi connectivity index (χ0n) is 16.9. The van der Waals surface area contributed by atoms with Crippen LogP contribution in [0.4, 0.5) is 0 Å². The van der Waals surface area contributed by atoms with Crippen LogP contribution in [0.15, 0.2) is 47.3 Å². The molecular weight excluding hydrogens is 388 g/mol. The van der Waals surface area contributed by atoms with E-state index in [0.717, 1.165) is 0 Å². The third kappa shape index (κ3) is 4.57. The second-order valence-electron chi connectivity index (χ2n) is 6.53. The van der Waals surface area contributed by atoms with E-state index in [9.17, 15) is 14.4 Å². The van der Waals surface area contributed by atoms with Crippen molar-refractivity contribution >= 4 is 22.7 Å². The summed E-state index contributed by atoms with van der Waals surface area (Å²) in [6, 6.07) is 11.7. The number of benzene rings is 2. The molecule has 0 bridgehead atoms. The molecule has 1 aromatic heterocycles. The van der Waals surface area contributed by atoms with Crippen LogP contribution in [-0.4, -0.2) is 54.5 Å². The summed E-state index contributed by atoms with van der Waals surface area (Å²) in [5, 5.41) is 3.06. The molecule has 0 fully saturated rings. The molecule has 0 atom stereocenters. The number of carbonyl (C=O) groups excluding carboxylic acids is 2. The molecule has 9 heteroatoms. The van der Waals surface area contributed by atoms with Crippen LogP contribution in [0.3, 0.4) is 0 Å². The van der Waals surface area contributed by atoms with Gasteiger partial charge in [-0.25, -0.2) is 4.98 Å². The molecule has 3 rings (SSSR count). The number of hydrogen-bond acceptors (Lipinski definition) is 6. The Hall–Kier alpha value is -3.88. The minimum Gasteiger partial charge on any atom is -0.493 e. The number of amides is 2. The highest BCUT2D eigenvalue weighted by atomic mass is 16.5. The van der Waals surface area contributed by atoms with Gasteiger partial charge in [0.05, 0.1) is 38.2 Å². The first kappa shape index (κ1) is 20.8. The lowest BCUT2D eigenvalue weighted by atomic mass is 10.2. The smallest absolute Gasteiger partial charge is 0.258 e. The second kappa shape index (κ2) is 9.08. The molecule has 0 aliphatic heterocycles. The first-order valence-corrected chi connectivity index (χ1v) is 9.15. The summed E-state index contributed by atoms with van der Waals surface area (Å²) >= 11 is 0. The number of likely N-dealkylation sites (N-methyl/N-ethyl adjacent to an activating group) is 1. The quantitative estimate of drug-likeness (QED) is 0.608. The fraction of sp³-hybridized carbons (Fsp3) is 0.238. The van der Waals surface area contributed by atoms with Crippen LogP contribution in [0.2, 0.25) is 0 Å². The van der Waals surface area contributed by atoms with E-state index >= 15 is 0 Å². The molecule has 2 N–H and O–H groups in total. The number of fused-ring (bicyclic) bond motifs is 1. The van der Waals surface area contributed by atoms with Gasteiger partial charge in [-0.15, -0.1) is 0 Å². The maximum Gasteiger partial charge on any atom is 0.258 e. The van der Waals surface area contributed by atoms with Gasteiger partial charge in [-0.05, 0) is 30.3 Å².